The van der Waals surface area contributed by atoms with Crippen molar-refractivity contribution in [3.63, 3.8) is 0 Å². The molecule has 4 heteroatoms. The molecule has 20 heavy (non-hydrogen) atoms. The molecule has 1 saturated heterocycles. The van der Waals surface area contributed by atoms with E-state index in [4.69, 9.17) is 4.74 Å². The van der Waals surface area contributed by atoms with Crippen molar-refractivity contribution in [3.8, 4) is 0 Å². The van der Waals surface area contributed by atoms with E-state index in [1.54, 1.807) is 0 Å². The van der Waals surface area contributed by atoms with Crippen LogP contribution in [0.1, 0.15) is 34.1 Å². The standard InChI is InChI=1S/C16H35N3O/c1-6-18(7-2)15-8-9-19(12-15)16(13-20-5)11-17-10-14(3)4/h14-17H,6-13H2,1-5H3. The van der Waals surface area contributed by atoms with Crippen molar-refractivity contribution in [3.05, 3.63) is 0 Å². The Bertz CT molecular complexity index is 244. The summed E-state index contributed by atoms with van der Waals surface area (Å²) in [6, 6.07) is 1.24. The Morgan fingerprint density at radius 3 is 2.50 bits per heavy atom. The second kappa shape index (κ2) is 9.72. The summed E-state index contributed by atoms with van der Waals surface area (Å²) in [5, 5.41) is 3.58. The third-order valence-corrected chi connectivity index (χ3v) is 4.33. The Morgan fingerprint density at radius 2 is 1.95 bits per heavy atom. The van der Waals surface area contributed by atoms with Gasteiger partial charge in [0.15, 0.2) is 0 Å². The first kappa shape index (κ1) is 17.9. The van der Waals surface area contributed by atoms with Crippen LogP contribution in [0.3, 0.4) is 0 Å². The summed E-state index contributed by atoms with van der Waals surface area (Å²) in [6.45, 7) is 16.7. The molecular formula is C16H35N3O. The minimum Gasteiger partial charge on any atom is -0.383 e. The smallest absolute Gasteiger partial charge is 0.0630 e. The maximum absolute atomic E-state index is 5.43. The van der Waals surface area contributed by atoms with Crippen LogP contribution in [-0.4, -0.2) is 74.9 Å². The highest BCUT2D eigenvalue weighted by Gasteiger charge is 2.30. The molecule has 1 heterocycles. The summed E-state index contributed by atoms with van der Waals surface area (Å²) >= 11 is 0. The van der Waals surface area contributed by atoms with Crippen LogP contribution in [0.15, 0.2) is 0 Å². The van der Waals surface area contributed by atoms with Crippen LogP contribution in [0.5, 0.6) is 0 Å². The number of hydrogen-bond donors (Lipinski definition) is 1. The van der Waals surface area contributed by atoms with Crippen molar-refractivity contribution in [1.82, 2.24) is 15.1 Å². The first-order chi connectivity index (χ1) is 9.62. The normalized spacial score (nSPS) is 22.1. The summed E-state index contributed by atoms with van der Waals surface area (Å²) in [5.41, 5.74) is 0. The molecule has 2 unspecified atom stereocenters. The zero-order chi connectivity index (χ0) is 15.0. The molecule has 0 radical (unpaired) electrons. The first-order valence-corrected chi connectivity index (χ1v) is 8.30. The molecule has 120 valence electrons. The maximum Gasteiger partial charge on any atom is 0.0630 e. The summed E-state index contributed by atoms with van der Waals surface area (Å²) in [6.07, 6.45) is 1.30. The lowest BCUT2D eigenvalue weighted by Gasteiger charge is -2.30. The fourth-order valence-electron chi connectivity index (χ4n) is 3.16. The van der Waals surface area contributed by atoms with E-state index in [0.717, 1.165) is 38.8 Å². The summed E-state index contributed by atoms with van der Waals surface area (Å²) < 4.78 is 5.43. The lowest BCUT2D eigenvalue weighted by atomic mass is 10.2. The molecule has 1 N–H and O–H groups in total. The van der Waals surface area contributed by atoms with Crippen LogP contribution >= 0.6 is 0 Å². The van der Waals surface area contributed by atoms with Gasteiger partial charge in [0, 0.05) is 38.8 Å². The first-order valence-electron chi connectivity index (χ1n) is 8.30. The molecule has 1 aliphatic rings. The van der Waals surface area contributed by atoms with Crippen LogP contribution in [0, 0.1) is 5.92 Å². The third-order valence-electron chi connectivity index (χ3n) is 4.33. The number of likely N-dealkylation sites (N-methyl/N-ethyl adjacent to an activating group) is 1. The molecule has 0 aromatic heterocycles. The van der Waals surface area contributed by atoms with E-state index in [2.05, 4.69) is 42.8 Å². The largest absolute Gasteiger partial charge is 0.383 e. The quantitative estimate of drug-likeness (QED) is 0.661. The van der Waals surface area contributed by atoms with E-state index in [1.807, 2.05) is 7.11 Å². The van der Waals surface area contributed by atoms with Crippen LogP contribution < -0.4 is 5.32 Å². The molecule has 4 nitrogen and oxygen atoms in total. The molecular weight excluding hydrogens is 250 g/mol. The molecule has 0 aliphatic carbocycles. The lowest BCUT2D eigenvalue weighted by molar-refractivity contribution is 0.0969. The molecule has 1 fully saturated rings. The van der Waals surface area contributed by atoms with E-state index < -0.39 is 0 Å². The van der Waals surface area contributed by atoms with Crippen molar-refractivity contribution in [1.29, 1.82) is 0 Å². The number of nitrogens with zero attached hydrogens (tertiary/aromatic N) is 2. The zero-order valence-electron chi connectivity index (χ0n) is 14.2. The summed E-state index contributed by atoms with van der Waals surface area (Å²) in [7, 11) is 1.81. The van der Waals surface area contributed by atoms with Crippen LogP contribution in [0.25, 0.3) is 0 Å². The highest BCUT2D eigenvalue weighted by Crippen LogP contribution is 2.18. The SMILES string of the molecule is CCN(CC)C1CCN(C(CNCC(C)C)COC)C1. The van der Waals surface area contributed by atoms with Gasteiger partial charge in [-0.3, -0.25) is 9.80 Å². The molecule has 0 aromatic carbocycles. The van der Waals surface area contributed by atoms with Crippen molar-refractivity contribution in [2.24, 2.45) is 5.92 Å². The second-order valence-corrected chi connectivity index (χ2v) is 6.32. The fourth-order valence-corrected chi connectivity index (χ4v) is 3.16. The Morgan fingerprint density at radius 1 is 1.25 bits per heavy atom. The topological polar surface area (TPSA) is 27.7 Å². The van der Waals surface area contributed by atoms with Gasteiger partial charge < -0.3 is 10.1 Å². The van der Waals surface area contributed by atoms with Crippen LogP contribution in [0.2, 0.25) is 0 Å². The van der Waals surface area contributed by atoms with Crippen molar-refractivity contribution < 1.29 is 4.74 Å². The van der Waals surface area contributed by atoms with E-state index in [9.17, 15) is 0 Å². The van der Waals surface area contributed by atoms with Gasteiger partial charge in [0.1, 0.15) is 0 Å². The van der Waals surface area contributed by atoms with Crippen LogP contribution in [0.4, 0.5) is 0 Å². The number of hydrogen-bond acceptors (Lipinski definition) is 4. The average molecular weight is 285 g/mol. The highest BCUT2D eigenvalue weighted by atomic mass is 16.5. The Labute approximate surface area is 125 Å². The lowest BCUT2D eigenvalue weighted by Crippen LogP contribution is -2.46. The predicted molar refractivity (Wildman–Crippen MR) is 86.3 cm³/mol. The number of ether oxygens (including phenoxy) is 1. The second-order valence-electron chi connectivity index (χ2n) is 6.32. The van der Waals surface area contributed by atoms with Gasteiger partial charge in [0.2, 0.25) is 0 Å². The van der Waals surface area contributed by atoms with E-state index >= 15 is 0 Å². The van der Waals surface area contributed by atoms with E-state index in [1.165, 1.54) is 19.5 Å². The number of rotatable bonds is 10. The molecule has 0 aromatic rings. The van der Waals surface area contributed by atoms with Crippen LogP contribution in [-0.2, 0) is 4.74 Å². The monoisotopic (exact) mass is 285 g/mol. The van der Waals surface area contributed by atoms with Gasteiger partial charge in [-0.25, -0.2) is 0 Å². The Hall–Kier alpha value is -0.160. The van der Waals surface area contributed by atoms with E-state index in [-0.39, 0.29) is 0 Å². The van der Waals surface area contributed by atoms with Crippen molar-refractivity contribution in [2.75, 3.05) is 53.0 Å². The molecule has 0 saturated carbocycles. The van der Waals surface area contributed by atoms with Crippen molar-refractivity contribution in [2.45, 2.75) is 46.2 Å². The predicted octanol–water partition coefficient (Wildman–Crippen LogP) is 1.66. The molecule has 1 aliphatic heterocycles. The van der Waals surface area contributed by atoms with Gasteiger partial charge in [-0.05, 0) is 32.0 Å². The highest BCUT2D eigenvalue weighted by molar-refractivity contribution is 4.87. The summed E-state index contributed by atoms with van der Waals surface area (Å²) in [4.78, 5) is 5.20. The minimum absolute atomic E-state index is 0.513. The van der Waals surface area contributed by atoms with E-state index in [0.29, 0.717) is 12.0 Å². The van der Waals surface area contributed by atoms with Gasteiger partial charge in [-0.2, -0.15) is 0 Å². The number of nitrogens with one attached hydrogen (secondary N) is 1. The molecule has 0 bridgehead atoms. The molecule has 1 rings (SSSR count). The third kappa shape index (κ3) is 5.68. The van der Waals surface area contributed by atoms with Crippen molar-refractivity contribution >= 4 is 0 Å². The molecule has 0 spiro atoms. The Kier molecular flexibility index (Phi) is 8.69. The number of likely N-dealkylation sites (tertiary alicyclic amines) is 1. The van der Waals surface area contributed by atoms with Gasteiger partial charge >= 0.3 is 0 Å². The van der Waals surface area contributed by atoms with Gasteiger partial charge in [0.25, 0.3) is 0 Å². The Balaban J connectivity index is 2.43. The van der Waals surface area contributed by atoms with Gasteiger partial charge in [0.05, 0.1) is 6.61 Å². The molecule has 0 amide bonds. The van der Waals surface area contributed by atoms with Gasteiger partial charge in [-0.1, -0.05) is 27.7 Å². The minimum atomic E-state index is 0.513. The number of methoxy groups -OCH3 is 1. The zero-order valence-corrected chi connectivity index (χ0v) is 14.2. The maximum atomic E-state index is 5.43. The summed E-state index contributed by atoms with van der Waals surface area (Å²) in [5.74, 6) is 0.709. The molecule has 2 atom stereocenters. The fraction of sp³-hybridized carbons (Fsp3) is 1.00. The average Bonchev–Trinajstić information content (AvgIpc) is 2.88. The van der Waals surface area contributed by atoms with Gasteiger partial charge in [-0.15, -0.1) is 0 Å².